The van der Waals surface area contributed by atoms with Gasteiger partial charge in [0.1, 0.15) is 5.76 Å². The zero-order chi connectivity index (χ0) is 14.7. The van der Waals surface area contributed by atoms with Crippen molar-refractivity contribution in [2.45, 2.75) is 31.8 Å². The molecule has 0 N–H and O–H groups in total. The maximum absolute atomic E-state index is 12.0. The lowest BCUT2D eigenvalue weighted by molar-refractivity contribution is 0.230. The van der Waals surface area contributed by atoms with Gasteiger partial charge in [0.15, 0.2) is 0 Å². The smallest absolute Gasteiger partial charge is 0.379 e. The summed E-state index contributed by atoms with van der Waals surface area (Å²) in [5.74, 6) is 0.859. The maximum Gasteiger partial charge on any atom is 0.379 e. The van der Waals surface area contributed by atoms with Crippen molar-refractivity contribution >= 4 is 11.8 Å². The molecule has 0 unspecified atom stereocenters. The first-order valence-electron chi connectivity index (χ1n) is 6.47. The Morgan fingerprint density at radius 3 is 2.40 bits per heavy atom. The molecule has 0 amide bonds. The molecule has 0 radical (unpaired) electrons. The van der Waals surface area contributed by atoms with Crippen LogP contribution in [0.25, 0.3) is 11.1 Å². The summed E-state index contributed by atoms with van der Waals surface area (Å²) in [4.78, 5) is 13.2. The highest BCUT2D eigenvalue weighted by Crippen LogP contribution is 2.30. The molecule has 0 spiro atoms. The number of hydrogen-bond acceptors (Lipinski definition) is 4. The van der Waals surface area contributed by atoms with E-state index >= 15 is 0 Å². The predicted octanol–water partition coefficient (Wildman–Crippen LogP) is 4.12. The van der Waals surface area contributed by atoms with Gasteiger partial charge in [-0.25, -0.2) is 4.79 Å². The third-order valence-corrected chi connectivity index (χ3v) is 3.53. The van der Waals surface area contributed by atoms with Gasteiger partial charge in [0, 0.05) is 10.5 Å². The normalized spacial score (nSPS) is 10.8. The molecule has 106 valence electrons. The minimum absolute atomic E-state index is 0.0789. The molecule has 1 aromatic heterocycles. The second-order valence-corrected chi connectivity index (χ2v) is 5.66. The van der Waals surface area contributed by atoms with Crippen LogP contribution in [0.15, 0.2) is 44.4 Å². The summed E-state index contributed by atoms with van der Waals surface area (Å²) >= 11 is 1.68. The summed E-state index contributed by atoms with van der Waals surface area (Å²) in [5, 5.41) is 0. The SMILES string of the molecule is CSc1ccc(-c2cc(C)oc(=O)c2OC(C)C)cc1. The second-order valence-electron chi connectivity index (χ2n) is 4.78. The van der Waals surface area contributed by atoms with Crippen molar-refractivity contribution in [3.8, 4) is 16.9 Å². The Bertz CT molecular complexity index is 642. The minimum atomic E-state index is -0.428. The molecule has 0 saturated carbocycles. The molecule has 4 heteroatoms. The zero-order valence-electron chi connectivity index (χ0n) is 12.1. The van der Waals surface area contributed by atoms with E-state index in [0.717, 1.165) is 11.1 Å². The highest BCUT2D eigenvalue weighted by atomic mass is 32.2. The van der Waals surface area contributed by atoms with Gasteiger partial charge < -0.3 is 9.15 Å². The monoisotopic (exact) mass is 290 g/mol. The fraction of sp³-hybridized carbons (Fsp3) is 0.312. The largest absolute Gasteiger partial charge is 0.483 e. The van der Waals surface area contributed by atoms with Gasteiger partial charge in [-0.05, 0) is 50.8 Å². The first-order chi connectivity index (χ1) is 9.51. The molecule has 0 aliphatic rings. The molecule has 3 nitrogen and oxygen atoms in total. The lowest BCUT2D eigenvalue weighted by atomic mass is 10.1. The number of rotatable bonds is 4. The van der Waals surface area contributed by atoms with E-state index in [4.69, 9.17) is 9.15 Å². The number of hydrogen-bond donors (Lipinski definition) is 0. The van der Waals surface area contributed by atoms with Gasteiger partial charge in [-0.1, -0.05) is 12.1 Å². The predicted molar refractivity (Wildman–Crippen MR) is 82.7 cm³/mol. The molecule has 1 aromatic carbocycles. The third-order valence-electron chi connectivity index (χ3n) is 2.79. The summed E-state index contributed by atoms with van der Waals surface area (Å²) in [5.41, 5.74) is 1.30. The van der Waals surface area contributed by atoms with Crippen LogP contribution in [0.3, 0.4) is 0 Å². The van der Waals surface area contributed by atoms with Crippen LogP contribution in [0, 0.1) is 6.92 Å². The number of benzene rings is 1. The molecule has 2 rings (SSSR count). The van der Waals surface area contributed by atoms with Crippen LogP contribution >= 0.6 is 11.8 Å². The van der Waals surface area contributed by atoms with E-state index < -0.39 is 5.63 Å². The highest BCUT2D eigenvalue weighted by Gasteiger charge is 2.15. The van der Waals surface area contributed by atoms with E-state index in [2.05, 4.69) is 0 Å². The molecule has 0 aliphatic carbocycles. The average Bonchev–Trinajstić information content (AvgIpc) is 2.41. The highest BCUT2D eigenvalue weighted by molar-refractivity contribution is 7.98. The van der Waals surface area contributed by atoms with Gasteiger partial charge in [0.05, 0.1) is 6.10 Å². The lowest BCUT2D eigenvalue weighted by Gasteiger charge is -2.13. The van der Waals surface area contributed by atoms with Crippen molar-refractivity contribution in [2.24, 2.45) is 0 Å². The molecular formula is C16H18O3S. The van der Waals surface area contributed by atoms with E-state index in [1.54, 1.807) is 18.7 Å². The quantitative estimate of drug-likeness (QED) is 0.794. The van der Waals surface area contributed by atoms with Crippen molar-refractivity contribution in [3.63, 3.8) is 0 Å². The van der Waals surface area contributed by atoms with Gasteiger partial charge in [-0.15, -0.1) is 11.8 Å². The Hall–Kier alpha value is -1.68. The number of ether oxygens (including phenoxy) is 1. The topological polar surface area (TPSA) is 39.4 Å². The van der Waals surface area contributed by atoms with Crippen LogP contribution in [0.2, 0.25) is 0 Å². The van der Waals surface area contributed by atoms with Crippen molar-refractivity contribution in [2.75, 3.05) is 6.26 Å². The Morgan fingerprint density at radius 2 is 1.85 bits per heavy atom. The molecule has 20 heavy (non-hydrogen) atoms. The average molecular weight is 290 g/mol. The van der Waals surface area contributed by atoms with Gasteiger partial charge in [-0.2, -0.15) is 0 Å². The Morgan fingerprint density at radius 1 is 1.20 bits per heavy atom. The molecule has 2 aromatic rings. The molecule has 0 aliphatic heterocycles. The first kappa shape index (κ1) is 14.7. The molecule has 0 atom stereocenters. The minimum Gasteiger partial charge on any atom is -0.483 e. The van der Waals surface area contributed by atoms with Crippen molar-refractivity contribution in [1.29, 1.82) is 0 Å². The third kappa shape index (κ3) is 3.25. The van der Waals surface area contributed by atoms with Gasteiger partial charge in [0.25, 0.3) is 0 Å². The van der Waals surface area contributed by atoms with Crippen molar-refractivity contribution < 1.29 is 9.15 Å². The fourth-order valence-corrected chi connectivity index (χ4v) is 2.34. The summed E-state index contributed by atoms with van der Waals surface area (Å²) in [7, 11) is 0. The van der Waals surface area contributed by atoms with Crippen LogP contribution < -0.4 is 10.4 Å². The van der Waals surface area contributed by atoms with Gasteiger partial charge in [0.2, 0.25) is 5.75 Å². The maximum atomic E-state index is 12.0. The van der Waals surface area contributed by atoms with Crippen LogP contribution in [-0.2, 0) is 0 Å². The van der Waals surface area contributed by atoms with Crippen molar-refractivity contribution in [3.05, 3.63) is 46.5 Å². The van der Waals surface area contributed by atoms with Crippen LogP contribution in [0.1, 0.15) is 19.6 Å². The second kappa shape index (κ2) is 6.18. The molecule has 0 fully saturated rings. The fourth-order valence-electron chi connectivity index (χ4n) is 1.93. The Labute approximate surface area is 123 Å². The summed E-state index contributed by atoms with van der Waals surface area (Å²) in [6.45, 7) is 5.54. The number of aryl methyl sites for hydroxylation is 1. The number of thioether (sulfide) groups is 1. The zero-order valence-corrected chi connectivity index (χ0v) is 12.9. The first-order valence-corrected chi connectivity index (χ1v) is 7.69. The van der Waals surface area contributed by atoms with Gasteiger partial charge in [-0.3, -0.25) is 0 Å². The molecule has 0 bridgehead atoms. The lowest BCUT2D eigenvalue weighted by Crippen LogP contribution is -2.14. The summed E-state index contributed by atoms with van der Waals surface area (Å²) in [6.07, 6.45) is 1.95. The van der Waals surface area contributed by atoms with E-state index in [1.807, 2.05) is 50.4 Å². The van der Waals surface area contributed by atoms with E-state index in [0.29, 0.717) is 5.76 Å². The Kier molecular flexibility index (Phi) is 4.55. The van der Waals surface area contributed by atoms with Crippen LogP contribution in [0.5, 0.6) is 5.75 Å². The standard InChI is InChI=1S/C16H18O3S/c1-10(2)18-15-14(9-11(3)19-16(15)17)12-5-7-13(20-4)8-6-12/h5-10H,1-4H3. The van der Waals surface area contributed by atoms with E-state index in [9.17, 15) is 4.79 Å². The summed E-state index contributed by atoms with van der Waals surface area (Å²) in [6, 6.07) is 9.89. The van der Waals surface area contributed by atoms with Crippen LogP contribution in [0.4, 0.5) is 0 Å². The molecular weight excluding hydrogens is 272 g/mol. The molecule has 0 saturated heterocycles. The van der Waals surface area contributed by atoms with Crippen LogP contribution in [-0.4, -0.2) is 12.4 Å². The van der Waals surface area contributed by atoms with E-state index in [-0.39, 0.29) is 11.9 Å². The van der Waals surface area contributed by atoms with Crippen molar-refractivity contribution in [1.82, 2.24) is 0 Å². The van der Waals surface area contributed by atoms with E-state index in [1.165, 1.54) is 4.90 Å². The Balaban J connectivity index is 2.55. The van der Waals surface area contributed by atoms with Gasteiger partial charge >= 0.3 is 5.63 Å². The summed E-state index contributed by atoms with van der Waals surface area (Å²) < 4.78 is 10.8. The molecule has 1 heterocycles.